The first-order chi connectivity index (χ1) is 14.0. The summed E-state index contributed by atoms with van der Waals surface area (Å²) in [5.74, 6) is -0.180. The number of carbonyl (C=O) groups is 2. The minimum absolute atomic E-state index is 0.144. The highest BCUT2D eigenvalue weighted by Gasteiger charge is 2.12. The quantitative estimate of drug-likeness (QED) is 0.694. The van der Waals surface area contributed by atoms with Crippen LogP contribution in [0.15, 0.2) is 59.5 Å². The van der Waals surface area contributed by atoms with Gasteiger partial charge in [-0.05, 0) is 43.3 Å². The molecule has 1 aromatic heterocycles. The van der Waals surface area contributed by atoms with E-state index in [-0.39, 0.29) is 17.8 Å². The van der Waals surface area contributed by atoms with Gasteiger partial charge in [0.15, 0.2) is 0 Å². The van der Waals surface area contributed by atoms with E-state index in [9.17, 15) is 14.4 Å². The van der Waals surface area contributed by atoms with Crippen molar-refractivity contribution in [3.8, 4) is 0 Å². The summed E-state index contributed by atoms with van der Waals surface area (Å²) in [5.41, 5.74) is 1.83. The molecular formula is C21H22N4O4. The van der Waals surface area contributed by atoms with E-state index in [1.807, 2.05) is 6.07 Å². The van der Waals surface area contributed by atoms with Gasteiger partial charge in [-0.3, -0.25) is 19.2 Å². The Balaban J connectivity index is 1.61. The van der Waals surface area contributed by atoms with E-state index in [4.69, 9.17) is 4.74 Å². The lowest BCUT2D eigenvalue weighted by Crippen LogP contribution is -2.26. The summed E-state index contributed by atoms with van der Waals surface area (Å²) in [6.07, 6.45) is 1.02. The van der Waals surface area contributed by atoms with Crippen molar-refractivity contribution in [3.05, 3.63) is 65.0 Å². The van der Waals surface area contributed by atoms with E-state index in [1.54, 1.807) is 61.1 Å². The average Bonchev–Trinajstić information content (AvgIpc) is 2.74. The van der Waals surface area contributed by atoms with Crippen LogP contribution in [0.2, 0.25) is 0 Å². The van der Waals surface area contributed by atoms with Crippen molar-refractivity contribution in [2.45, 2.75) is 19.9 Å². The van der Waals surface area contributed by atoms with E-state index < -0.39 is 6.09 Å². The molecule has 2 aromatic carbocycles. The van der Waals surface area contributed by atoms with Crippen LogP contribution in [0.25, 0.3) is 10.9 Å². The van der Waals surface area contributed by atoms with E-state index in [2.05, 4.69) is 10.4 Å². The minimum Gasteiger partial charge on any atom is -0.449 e. The van der Waals surface area contributed by atoms with Gasteiger partial charge in [-0.15, -0.1) is 0 Å². The molecule has 29 heavy (non-hydrogen) atoms. The van der Waals surface area contributed by atoms with Crippen LogP contribution in [0.1, 0.15) is 13.3 Å². The van der Waals surface area contributed by atoms with Gasteiger partial charge in [0.25, 0.3) is 0 Å². The number of para-hydroxylation sites is 1. The molecule has 0 unspecified atom stereocenters. The van der Waals surface area contributed by atoms with Crippen molar-refractivity contribution >= 4 is 34.3 Å². The third-order valence-corrected chi connectivity index (χ3v) is 4.39. The fourth-order valence-corrected chi connectivity index (χ4v) is 2.86. The Bertz CT molecular complexity index is 1080. The maximum Gasteiger partial charge on any atom is 0.413 e. The molecule has 0 bridgehead atoms. The summed E-state index contributed by atoms with van der Waals surface area (Å²) in [7, 11) is 1.62. The highest BCUT2D eigenvalue weighted by molar-refractivity contribution is 5.92. The second-order valence-corrected chi connectivity index (χ2v) is 6.35. The smallest absolute Gasteiger partial charge is 0.413 e. The number of nitrogens with zero attached hydrogens (tertiary/aromatic N) is 3. The van der Waals surface area contributed by atoms with Gasteiger partial charge in [-0.25, -0.2) is 4.79 Å². The number of rotatable bonds is 6. The minimum atomic E-state index is -0.440. The Kier molecular flexibility index (Phi) is 6.23. The standard InChI is InChI=1S/C21H22N4O4/c1-3-29-21(28)24(2)16-10-8-15(9-11-16)23-20(27)12-13-25-18-7-5-4-6-17(18)19(26)14-22-25/h4-11,14H,3,12-13H2,1-2H3,(H,23,27). The normalized spacial score (nSPS) is 10.6. The van der Waals surface area contributed by atoms with Gasteiger partial charge in [0.1, 0.15) is 0 Å². The van der Waals surface area contributed by atoms with Crippen LogP contribution in [-0.2, 0) is 16.1 Å². The van der Waals surface area contributed by atoms with Crippen molar-refractivity contribution in [2.75, 3.05) is 23.9 Å². The Hall–Kier alpha value is -3.68. The van der Waals surface area contributed by atoms with Gasteiger partial charge >= 0.3 is 6.09 Å². The van der Waals surface area contributed by atoms with Crippen LogP contribution >= 0.6 is 0 Å². The number of anilines is 2. The zero-order valence-electron chi connectivity index (χ0n) is 16.3. The molecule has 0 aliphatic rings. The van der Waals surface area contributed by atoms with E-state index in [1.165, 1.54) is 11.1 Å². The van der Waals surface area contributed by atoms with Crippen molar-refractivity contribution in [3.63, 3.8) is 0 Å². The zero-order valence-corrected chi connectivity index (χ0v) is 16.3. The average molecular weight is 394 g/mol. The predicted octanol–water partition coefficient (Wildman–Crippen LogP) is 3.02. The van der Waals surface area contributed by atoms with Crippen LogP contribution < -0.4 is 15.6 Å². The van der Waals surface area contributed by atoms with Crippen molar-refractivity contribution < 1.29 is 14.3 Å². The molecule has 0 atom stereocenters. The van der Waals surface area contributed by atoms with E-state index in [0.717, 1.165) is 0 Å². The molecule has 0 spiro atoms. The maximum atomic E-state index is 12.3. The SMILES string of the molecule is CCOC(=O)N(C)c1ccc(NC(=O)CCn2ncc(=O)c3ccccc32)cc1. The molecule has 0 aliphatic heterocycles. The lowest BCUT2D eigenvalue weighted by Gasteiger charge is -2.17. The number of hydrogen-bond donors (Lipinski definition) is 1. The van der Waals surface area contributed by atoms with Crippen LogP contribution in [0.5, 0.6) is 0 Å². The molecule has 0 radical (unpaired) electrons. The van der Waals surface area contributed by atoms with Crippen LogP contribution in [0.4, 0.5) is 16.2 Å². The summed E-state index contributed by atoms with van der Waals surface area (Å²) >= 11 is 0. The molecule has 1 N–H and O–H groups in total. The van der Waals surface area contributed by atoms with Crippen LogP contribution in [-0.4, -0.2) is 35.4 Å². The number of nitrogens with one attached hydrogen (secondary N) is 1. The third-order valence-electron chi connectivity index (χ3n) is 4.39. The first kappa shape index (κ1) is 20.1. The summed E-state index contributed by atoms with van der Waals surface area (Å²) in [6, 6.07) is 14.1. The summed E-state index contributed by atoms with van der Waals surface area (Å²) in [5, 5.41) is 7.51. The van der Waals surface area contributed by atoms with Gasteiger partial charge in [-0.1, -0.05) is 12.1 Å². The lowest BCUT2D eigenvalue weighted by atomic mass is 10.2. The van der Waals surface area contributed by atoms with E-state index in [0.29, 0.717) is 35.4 Å². The molecule has 0 saturated carbocycles. The number of benzene rings is 2. The highest BCUT2D eigenvalue weighted by Crippen LogP contribution is 2.18. The summed E-state index contributed by atoms with van der Waals surface area (Å²) in [6.45, 7) is 2.39. The molecule has 1 heterocycles. The number of aryl methyl sites for hydroxylation is 1. The summed E-state index contributed by atoms with van der Waals surface area (Å²) in [4.78, 5) is 37.3. The fourth-order valence-electron chi connectivity index (χ4n) is 2.86. The van der Waals surface area contributed by atoms with Crippen LogP contribution in [0.3, 0.4) is 0 Å². The molecule has 8 heteroatoms. The van der Waals surface area contributed by atoms with Crippen molar-refractivity contribution in [1.29, 1.82) is 0 Å². The Morgan fingerprint density at radius 2 is 1.86 bits per heavy atom. The number of aromatic nitrogens is 2. The molecule has 3 aromatic rings. The van der Waals surface area contributed by atoms with Crippen LogP contribution in [0, 0.1) is 0 Å². The number of hydrogen-bond acceptors (Lipinski definition) is 5. The number of fused-ring (bicyclic) bond motifs is 1. The molecular weight excluding hydrogens is 372 g/mol. The first-order valence-electron chi connectivity index (χ1n) is 9.25. The second kappa shape index (κ2) is 9.01. The van der Waals surface area contributed by atoms with Crippen molar-refractivity contribution in [1.82, 2.24) is 9.78 Å². The Morgan fingerprint density at radius 1 is 1.14 bits per heavy atom. The van der Waals surface area contributed by atoms with E-state index >= 15 is 0 Å². The Morgan fingerprint density at radius 3 is 2.59 bits per heavy atom. The predicted molar refractivity (Wildman–Crippen MR) is 111 cm³/mol. The molecule has 150 valence electrons. The van der Waals surface area contributed by atoms with Gasteiger partial charge in [0.2, 0.25) is 11.3 Å². The molecule has 8 nitrogen and oxygen atoms in total. The maximum absolute atomic E-state index is 12.3. The molecule has 0 aliphatic carbocycles. The number of ether oxygens (including phenoxy) is 1. The van der Waals surface area contributed by atoms with Crippen molar-refractivity contribution in [2.24, 2.45) is 0 Å². The molecule has 2 amide bonds. The zero-order chi connectivity index (χ0) is 20.8. The van der Waals surface area contributed by atoms with Gasteiger partial charge in [0, 0.05) is 30.2 Å². The topological polar surface area (TPSA) is 93.5 Å². The molecule has 0 saturated heterocycles. The molecule has 3 rings (SSSR count). The Labute approximate surface area is 167 Å². The monoisotopic (exact) mass is 394 g/mol. The highest BCUT2D eigenvalue weighted by atomic mass is 16.6. The summed E-state index contributed by atoms with van der Waals surface area (Å²) < 4.78 is 6.60. The fraction of sp³-hybridized carbons (Fsp3) is 0.238. The largest absolute Gasteiger partial charge is 0.449 e. The first-order valence-corrected chi connectivity index (χ1v) is 9.25. The van der Waals surface area contributed by atoms with Gasteiger partial charge in [-0.2, -0.15) is 5.10 Å². The third kappa shape index (κ3) is 4.78. The number of carbonyl (C=O) groups excluding carboxylic acids is 2. The van der Waals surface area contributed by atoms with Gasteiger partial charge < -0.3 is 10.1 Å². The van der Waals surface area contributed by atoms with Gasteiger partial charge in [0.05, 0.1) is 24.9 Å². The number of amides is 2. The lowest BCUT2D eigenvalue weighted by molar-refractivity contribution is -0.116. The molecule has 0 fully saturated rings. The second-order valence-electron chi connectivity index (χ2n) is 6.35.